The molecule has 4 heterocycles. The molecule has 0 bridgehead atoms. The molecule has 0 unspecified atom stereocenters. The molecule has 0 fully saturated rings. The van der Waals surface area contributed by atoms with Crippen molar-refractivity contribution in [2.24, 2.45) is 0 Å². The van der Waals surface area contributed by atoms with Gasteiger partial charge in [-0.1, -0.05) is 60.1 Å². The molecule has 0 radical (unpaired) electrons. The fourth-order valence-electron chi connectivity index (χ4n) is 4.26. The summed E-state index contributed by atoms with van der Waals surface area (Å²) in [5.74, 6) is 12.9. The van der Waals surface area contributed by atoms with E-state index in [0.717, 1.165) is 67.3 Å². The first kappa shape index (κ1) is 26.4. The second kappa shape index (κ2) is 12.1. The molecule has 6 aromatic rings. The van der Waals surface area contributed by atoms with Crippen LogP contribution in [0.15, 0.2) is 122 Å². The minimum Gasteiger partial charge on any atom is -0.254 e. The predicted octanol–water partition coefficient (Wildman–Crippen LogP) is 7.68. The van der Waals surface area contributed by atoms with Gasteiger partial charge in [0, 0.05) is 47.0 Å². The lowest BCUT2D eigenvalue weighted by Crippen LogP contribution is -1.88. The third-order valence-electron chi connectivity index (χ3n) is 6.68. The molecular formula is C38H26N4. The highest BCUT2D eigenvalue weighted by Gasteiger charge is 2.02. The van der Waals surface area contributed by atoms with Crippen LogP contribution >= 0.6 is 0 Å². The maximum atomic E-state index is 4.52. The number of aryl methyl sites for hydroxylation is 2. The first-order valence-corrected chi connectivity index (χ1v) is 13.6. The number of rotatable bonds is 3. The molecule has 198 valence electrons. The summed E-state index contributed by atoms with van der Waals surface area (Å²) < 4.78 is 0. The first-order chi connectivity index (χ1) is 20.6. The SMILES string of the molecule is Cc1ccc(-c2ccc(C#Cc3ccc(-c4ccc(C#Cc5ccc(-c6ccc(C)cn6)nc5)cc4)cc3)cn2)nc1. The smallest absolute Gasteiger partial charge is 0.0887 e. The molecule has 0 spiro atoms. The Bertz CT molecular complexity index is 1780. The van der Waals surface area contributed by atoms with Crippen molar-refractivity contribution in [3.63, 3.8) is 0 Å². The normalized spacial score (nSPS) is 10.2. The van der Waals surface area contributed by atoms with Crippen molar-refractivity contribution in [3.05, 3.63) is 155 Å². The number of hydrogen-bond acceptors (Lipinski definition) is 4. The molecular weight excluding hydrogens is 512 g/mol. The van der Waals surface area contributed by atoms with E-state index in [-0.39, 0.29) is 0 Å². The molecule has 2 aromatic carbocycles. The van der Waals surface area contributed by atoms with Crippen molar-refractivity contribution in [2.75, 3.05) is 0 Å². The van der Waals surface area contributed by atoms with Gasteiger partial charge in [0.05, 0.1) is 22.8 Å². The van der Waals surface area contributed by atoms with Crippen LogP contribution in [0.25, 0.3) is 33.9 Å². The van der Waals surface area contributed by atoms with E-state index in [2.05, 4.69) is 67.9 Å². The van der Waals surface area contributed by atoms with Crippen LogP contribution in [0.2, 0.25) is 0 Å². The molecule has 0 aliphatic heterocycles. The van der Waals surface area contributed by atoms with Crippen LogP contribution in [-0.2, 0) is 0 Å². The number of pyridine rings is 4. The van der Waals surface area contributed by atoms with E-state index in [9.17, 15) is 0 Å². The Labute approximate surface area is 246 Å². The zero-order valence-corrected chi connectivity index (χ0v) is 23.3. The number of hydrogen-bond donors (Lipinski definition) is 0. The fourth-order valence-corrected chi connectivity index (χ4v) is 4.26. The second-order valence-corrected chi connectivity index (χ2v) is 9.96. The Kier molecular flexibility index (Phi) is 7.62. The van der Waals surface area contributed by atoms with E-state index in [1.165, 1.54) is 0 Å². The Balaban J connectivity index is 1.08. The Morgan fingerprint density at radius 2 is 0.643 bits per heavy atom. The molecule has 0 atom stereocenters. The van der Waals surface area contributed by atoms with Crippen LogP contribution in [0, 0.1) is 37.5 Å². The zero-order valence-electron chi connectivity index (χ0n) is 23.3. The lowest BCUT2D eigenvalue weighted by molar-refractivity contribution is 1.22. The summed E-state index contributed by atoms with van der Waals surface area (Å²) in [6, 6.07) is 32.4. The summed E-state index contributed by atoms with van der Waals surface area (Å²) in [6.45, 7) is 4.04. The minimum absolute atomic E-state index is 0.837. The van der Waals surface area contributed by atoms with Crippen molar-refractivity contribution in [2.45, 2.75) is 13.8 Å². The van der Waals surface area contributed by atoms with Gasteiger partial charge in [-0.3, -0.25) is 19.9 Å². The van der Waals surface area contributed by atoms with E-state index >= 15 is 0 Å². The first-order valence-electron chi connectivity index (χ1n) is 13.6. The van der Waals surface area contributed by atoms with Gasteiger partial charge in [0.25, 0.3) is 0 Å². The van der Waals surface area contributed by atoms with E-state index in [4.69, 9.17) is 0 Å². The Hall–Kier alpha value is -5.84. The van der Waals surface area contributed by atoms with Crippen LogP contribution in [0.1, 0.15) is 33.4 Å². The zero-order chi connectivity index (χ0) is 28.7. The van der Waals surface area contributed by atoms with E-state index in [1.54, 1.807) is 12.4 Å². The highest BCUT2D eigenvalue weighted by atomic mass is 14.8. The average Bonchev–Trinajstić information content (AvgIpc) is 3.05. The number of aromatic nitrogens is 4. The van der Waals surface area contributed by atoms with Crippen LogP contribution < -0.4 is 0 Å². The second-order valence-electron chi connectivity index (χ2n) is 9.96. The maximum Gasteiger partial charge on any atom is 0.0887 e. The van der Waals surface area contributed by atoms with Gasteiger partial charge in [-0.25, -0.2) is 0 Å². The lowest BCUT2D eigenvalue weighted by Gasteiger charge is -2.02. The molecule has 4 nitrogen and oxygen atoms in total. The fraction of sp³-hybridized carbons (Fsp3) is 0.0526. The lowest BCUT2D eigenvalue weighted by atomic mass is 10.0. The topological polar surface area (TPSA) is 51.6 Å². The van der Waals surface area contributed by atoms with Gasteiger partial charge in [-0.05, 0) is 96.8 Å². The largest absolute Gasteiger partial charge is 0.254 e. The summed E-state index contributed by atoms with van der Waals surface area (Å²) in [5.41, 5.74) is 11.5. The molecule has 6 rings (SSSR count). The van der Waals surface area contributed by atoms with Gasteiger partial charge in [0.1, 0.15) is 0 Å². The van der Waals surface area contributed by atoms with Crippen molar-refractivity contribution in [3.8, 4) is 57.6 Å². The van der Waals surface area contributed by atoms with Crippen LogP contribution in [0.3, 0.4) is 0 Å². The monoisotopic (exact) mass is 538 g/mol. The van der Waals surface area contributed by atoms with E-state index in [0.29, 0.717) is 0 Å². The molecule has 0 amide bonds. The van der Waals surface area contributed by atoms with Crippen LogP contribution in [0.4, 0.5) is 0 Å². The molecule has 4 aromatic heterocycles. The van der Waals surface area contributed by atoms with Crippen molar-refractivity contribution in [1.29, 1.82) is 0 Å². The highest BCUT2D eigenvalue weighted by Crippen LogP contribution is 2.21. The number of benzene rings is 2. The Morgan fingerprint density at radius 3 is 0.952 bits per heavy atom. The average molecular weight is 539 g/mol. The van der Waals surface area contributed by atoms with Crippen LogP contribution in [0.5, 0.6) is 0 Å². The minimum atomic E-state index is 0.837. The molecule has 0 aliphatic carbocycles. The molecule has 0 aliphatic rings. The van der Waals surface area contributed by atoms with Gasteiger partial charge < -0.3 is 0 Å². The third kappa shape index (κ3) is 6.48. The van der Waals surface area contributed by atoms with Gasteiger partial charge in [-0.2, -0.15) is 0 Å². The van der Waals surface area contributed by atoms with Gasteiger partial charge in [0.2, 0.25) is 0 Å². The van der Waals surface area contributed by atoms with Crippen LogP contribution in [-0.4, -0.2) is 19.9 Å². The Morgan fingerprint density at radius 1 is 0.333 bits per heavy atom. The maximum absolute atomic E-state index is 4.52. The third-order valence-corrected chi connectivity index (χ3v) is 6.68. The summed E-state index contributed by atoms with van der Waals surface area (Å²) in [7, 11) is 0. The number of nitrogens with zero attached hydrogens (tertiary/aromatic N) is 4. The molecule has 0 N–H and O–H groups in total. The summed E-state index contributed by atoms with van der Waals surface area (Å²) in [4.78, 5) is 17.9. The predicted molar refractivity (Wildman–Crippen MR) is 168 cm³/mol. The summed E-state index contributed by atoms with van der Waals surface area (Å²) in [5, 5.41) is 0. The molecule has 42 heavy (non-hydrogen) atoms. The summed E-state index contributed by atoms with van der Waals surface area (Å²) in [6.07, 6.45) is 7.27. The van der Waals surface area contributed by atoms with Crippen molar-refractivity contribution < 1.29 is 0 Å². The van der Waals surface area contributed by atoms with Gasteiger partial charge in [-0.15, -0.1) is 0 Å². The standard InChI is InChI=1S/C38H26N4/c1-27-3-19-35(39-23-27)37-21-13-31(25-41-37)7-5-29-9-15-33(16-10-29)34-17-11-30(12-18-34)6-8-32-14-22-38(42-26-32)36-20-4-28(2)24-40-36/h3-4,9-26H,1-2H3. The van der Waals surface area contributed by atoms with E-state index < -0.39 is 0 Å². The van der Waals surface area contributed by atoms with Crippen molar-refractivity contribution >= 4 is 0 Å². The summed E-state index contributed by atoms with van der Waals surface area (Å²) >= 11 is 0. The van der Waals surface area contributed by atoms with E-state index in [1.807, 2.05) is 99.0 Å². The van der Waals surface area contributed by atoms with Crippen molar-refractivity contribution in [1.82, 2.24) is 19.9 Å². The highest BCUT2D eigenvalue weighted by molar-refractivity contribution is 5.66. The quantitative estimate of drug-likeness (QED) is 0.217. The molecule has 0 saturated carbocycles. The molecule has 4 heteroatoms. The van der Waals surface area contributed by atoms with Gasteiger partial charge >= 0.3 is 0 Å². The molecule has 0 saturated heterocycles. The van der Waals surface area contributed by atoms with Gasteiger partial charge in [0.15, 0.2) is 0 Å².